The second-order valence-electron chi connectivity index (χ2n) is 6.18. The maximum absolute atomic E-state index is 10.6. The number of hydrogen-bond acceptors (Lipinski definition) is 1. The molecule has 1 heteroatoms. The summed E-state index contributed by atoms with van der Waals surface area (Å²) in [6.45, 7) is 10.7. The minimum absolute atomic E-state index is 0.0916. The fourth-order valence-electron chi connectivity index (χ4n) is 3.58. The summed E-state index contributed by atoms with van der Waals surface area (Å²) in [4.78, 5) is 0. The molecule has 0 aromatic rings. The van der Waals surface area contributed by atoms with Gasteiger partial charge >= 0.3 is 0 Å². The highest BCUT2D eigenvalue weighted by molar-refractivity contribution is 5.27. The second-order valence-corrected chi connectivity index (χ2v) is 6.18. The summed E-state index contributed by atoms with van der Waals surface area (Å²) in [7, 11) is 0. The molecule has 0 heterocycles. The van der Waals surface area contributed by atoms with Crippen molar-refractivity contribution in [3.8, 4) is 0 Å². The fourth-order valence-corrected chi connectivity index (χ4v) is 3.58. The molecule has 0 amide bonds. The molecule has 2 bridgehead atoms. The second kappa shape index (κ2) is 3.73. The number of hydrogen-bond donors (Lipinski definition) is 1. The van der Waals surface area contributed by atoms with Crippen LogP contribution >= 0.6 is 0 Å². The lowest BCUT2D eigenvalue weighted by Crippen LogP contribution is -2.65. The van der Waals surface area contributed by atoms with Gasteiger partial charge in [0, 0.05) is 5.41 Å². The summed E-state index contributed by atoms with van der Waals surface area (Å²) in [5, 5.41) is 10.6. The monoisotopic (exact) mass is 220 g/mol. The van der Waals surface area contributed by atoms with Crippen LogP contribution in [0, 0.1) is 11.3 Å². The lowest BCUT2D eigenvalue weighted by atomic mass is 9.42. The van der Waals surface area contributed by atoms with Crippen LogP contribution in [-0.4, -0.2) is 10.7 Å². The average molecular weight is 220 g/mol. The van der Waals surface area contributed by atoms with Crippen molar-refractivity contribution < 1.29 is 5.11 Å². The highest BCUT2D eigenvalue weighted by Crippen LogP contribution is 2.65. The normalized spacial score (nSPS) is 41.5. The molecule has 0 aliphatic heterocycles. The third-order valence-electron chi connectivity index (χ3n) is 4.94. The van der Waals surface area contributed by atoms with Crippen LogP contribution in [0.4, 0.5) is 0 Å². The summed E-state index contributed by atoms with van der Waals surface area (Å²) in [5.41, 5.74) is 2.44. The maximum Gasteiger partial charge on any atom is 0.0715 e. The van der Waals surface area contributed by atoms with E-state index in [0.29, 0.717) is 5.92 Å². The Bertz CT molecular complexity index is 333. The van der Waals surface area contributed by atoms with Gasteiger partial charge in [-0.3, -0.25) is 0 Å². The Kier molecular flexibility index (Phi) is 2.78. The van der Waals surface area contributed by atoms with Crippen molar-refractivity contribution in [2.24, 2.45) is 11.3 Å². The molecular formula is C15H24O. The zero-order valence-electron chi connectivity index (χ0n) is 10.8. The molecule has 0 unspecified atom stereocenters. The summed E-state index contributed by atoms with van der Waals surface area (Å²) in [6.07, 6.45) is 7.37. The standard InChI is InChI=1S/C15H24O/c1-11(2)6-5-8-14(4)13-10-15(14,16)9-7-12(13)3/h6,13,16H,3,5,7-10H2,1-2,4H3/t13-,14-,15+/m0/s1. The van der Waals surface area contributed by atoms with Gasteiger partial charge in [-0.1, -0.05) is 30.7 Å². The third kappa shape index (κ3) is 1.57. The van der Waals surface area contributed by atoms with Gasteiger partial charge in [0.1, 0.15) is 0 Å². The molecule has 3 fully saturated rings. The van der Waals surface area contributed by atoms with Gasteiger partial charge in [0.2, 0.25) is 0 Å². The molecule has 1 nitrogen and oxygen atoms in total. The lowest BCUT2D eigenvalue weighted by molar-refractivity contribution is -0.215. The van der Waals surface area contributed by atoms with E-state index in [1.54, 1.807) is 0 Å². The van der Waals surface area contributed by atoms with Gasteiger partial charge in [-0.05, 0) is 51.9 Å². The summed E-state index contributed by atoms with van der Waals surface area (Å²) < 4.78 is 0. The SMILES string of the molecule is C=C1CC[C@@]2(O)C[C@@H]1[C@]2(C)CCC=C(C)C. The number of rotatable bonds is 3. The van der Waals surface area contributed by atoms with Gasteiger partial charge in [-0.15, -0.1) is 0 Å². The van der Waals surface area contributed by atoms with Gasteiger partial charge in [-0.2, -0.15) is 0 Å². The fraction of sp³-hybridized carbons (Fsp3) is 0.733. The first kappa shape index (κ1) is 11.9. The van der Waals surface area contributed by atoms with Crippen LogP contribution in [0.2, 0.25) is 0 Å². The average Bonchev–Trinajstić information content (AvgIpc) is 2.20. The first-order valence-corrected chi connectivity index (χ1v) is 6.42. The van der Waals surface area contributed by atoms with E-state index in [2.05, 4.69) is 33.4 Å². The van der Waals surface area contributed by atoms with E-state index in [0.717, 1.165) is 32.1 Å². The van der Waals surface area contributed by atoms with E-state index in [-0.39, 0.29) is 5.41 Å². The summed E-state index contributed by atoms with van der Waals surface area (Å²) in [5.74, 6) is 0.566. The Morgan fingerprint density at radius 2 is 2.25 bits per heavy atom. The Morgan fingerprint density at radius 1 is 1.56 bits per heavy atom. The smallest absolute Gasteiger partial charge is 0.0715 e. The first-order valence-electron chi connectivity index (χ1n) is 6.42. The topological polar surface area (TPSA) is 20.2 Å². The van der Waals surface area contributed by atoms with E-state index in [9.17, 15) is 5.11 Å². The van der Waals surface area contributed by atoms with Gasteiger partial charge in [0.05, 0.1) is 5.60 Å². The van der Waals surface area contributed by atoms with Crippen molar-refractivity contribution in [2.45, 2.75) is 58.5 Å². The quantitative estimate of drug-likeness (QED) is 0.716. The predicted octanol–water partition coefficient (Wildman–Crippen LogP) is 3.84. The predicted molar refractivity (Wildman–Crippen MR) is 68.2 cm³/mol. The van der Waals surface area contributed by atoms with E-state index < -0.39 is 5.60 Å². The molecule has 3 saturated carbocycles. The van der Waals surface area contributed by atoms with Crippen LogP contribution in [0.1, 0.15) is 52.9 Å². The van der Waals surface area contributed by atoms with Crippen LogP contribution in [0.3, 0.4) is 0 Å². The molecule has 0 saturated heterocycles. The van der Waals surface area contributed by atoms with E-state index >= 15 is 0 Å². The van der Waals surface area contributed by atoms with E-state index in [1.165, 1.54) is 11.1 Å². The summed E-state index contributed by atoms with van der Waals surface area (Å²) >= 11 is 0. The zero-order chi connectivity index (χ0) is 12.0. The van der Waals surface area contributed by atoms with E-state index in [1.807, 2.05) is 0 Å². The van der Waals surface area contributed by atoms with Crippen LogP contribution in [0.5, 0.6) is 0 Å². The molecule has 1 N–H and O–H groups in total. The Morgan fingerprint density at radius 3 is 2.81 bits per heavy atom. The van der Waals surface area contributed by atoms with Crippen molar-refractivity contribution in [2.75, 3.05) is 0 Å². The molecule has 3 atom stereocenters. The first-order chi connectivity index (χ1) is 7.39. The Balaban J connectivity index is 2.07. The van der Waals surface area contributed by atoms with Crippen LogP contribution in [0.15, 0.2) is 23.8 Å². The van der Waals surface area contributed by atoms with Crippen molar-refractivity contribution >= 4 is 0 Å². The molecule has 3 aliphatic rings. The van der Waals surface area contributed by atoms with Crippen molar-refractivity contribution in [1.29, 1.82) is 0 Å². The van der Waals surface area contributed by atoms with Crippen molar-refractivity contribution in [3.05, 3.63) is 23.8 Å². The minimum atomic E-state index is -0.395. The minimum Gasteiger partial charge on any atom is -0.389 e. The Labute approximate surface area is 99.3 Å². The lowest BCUT2D eigenvalue weighted by Gasteiger charge is -2.65. The molecule has 0 aromatic carbocycles. The molecule has 3 rings (SSSR count). The highest BCUT2D eigenvalue weighted by Gasteiger charge is 2.63. The number of fused-ring (bicyclic) bond motifs is 2. The van der Waals surface area contributed by atoms with Crippen LogP contribution < -0.4 is 0 Å². The molecule has 0 spiro atoms. The molecule has 3 aliphatic carbocycles. The molecule has 0 aromatic heterocycles. The molecular weight excluding hydrogens is 196 g/mol. The molecule has 90 valence electrons. The van der Waals surface area contributed by atoms with Gasteiger partial charge < -0.3 is 5.11 Å². The third-order valence-corrected chi connectivity index (χ3v) is 4.94. The maximum atomic E-state index is 10.6. The van der Waals surface area contributed by atoms with Crippen molar-refractivity contribution in [3.63, 3.8) is 0 Å². The number of allylic oxidation sites excluding steroid dienone is 3. The van der Waals surface area contributed by atoms with Gasteiger partial charge in [0.15, 0.2) is 0 Å². The van der Waals surface area contributed by atoms with Gasteiger partial charge in [0.25, 0.3) is 0 Å². The van der Waals surface area contributed by atoms with E-state index in [4.69, 9.17) is 0 Å². The zero-order valence-corrected chi connectivity index (χ0v) is 10.8. The largest absolute Gasteiger partial charge is 0.389 e. The van der Waals surface area contributed by atoms with Crippen molar-refractivity contribution in [1.82, 2.24) is 0 Å². The van der Waals surface area contributed by atoms with Crippen LogP contribution in [0.25, 0.3) is 0 Å². The van der Waals surface area contributed by atoms with Gasteiger partial charge in [-0.25, -0.2) is 0 Å². The Hall–Kier alpha value is -0.560. The molecule has 16 heavy (non-hydrogen) atoms. The highest BCUT2D eigenvalue weighted by atomic mass is 16.3. The molecule has 0 radical (unpaired) electrons. The van der Waals surface area contributed by atoms with Crippen LogP contribution in [-0.2, 0) is 0 Å². The summed E-state index contributed by atoms with van der Waals surface area (Å²) in [6, 6.07) is 0. The number of aliphatic hydroxyl groups is 1.